The molecule has 30 heavy (non-hydrogen) atoms. The van der Waals surface area contributed by atoms with Gasteiger partial charge in [-0.2, -0.15) is 13.2 Å². The number of alkyl halides is 3. The van der Waals surface area contributed by atoms with E-state index < -0.39 is 17.6 Å². The molecule has 0 bridgehead atoms. The lowest BCUT2D eigenvalue weighted by Gasteiger charge is -2.17. The Morgan fingerprint density at radius 1 is 1.17 bits per heavy atom. The molecule has 0 saturated carbocycles. The first-order valence-corrected chi connectivity index (χ1v) is 8.56. The topological polar surface area (TPSA) is 88.2 Å². The van der Waals surface area contributed by atoms with Gasteiger partial charge in [0.05, 0.1) is 34.4 Å². The van der Waals surface area contributed by atoms with Gasteiger partial charge in [-0.25, -0.2) is 9.67 Å². The van der Waals surface area contributed by atoms with Crippen LogP contribution in [0.2, 0.25) is 0 Å². The number of para-hydroxylation sites is 1. The molecule has 0 aliphatic carbocycles. The number of carbonyl (C=O) groups is 1. The molecule has 3 rings (SSSR count). The van der Waals surface area contributed by atoms with Crippen LogP contribution >= 0.6 is 0 Å². The average Bonchev–Trinajstić information content (AvgIpc) is 3.06. The number of aryl methyl sites for hydroxylation is 1. The fourth-order valence-corrected chi connectivity index (χ4v) is 2.71. The third-order valence-corrected chi connectivity index (χ3v) is 4.06. The lowest BCUT2D eigenvalue weighted by molar-refractivity contribution is -0.137. The van der Waals surface area contributed by atoms with Gasteiger partial charge in [-0.1, -0.05) is 18.7 Å². The number of nitrogens with one attached hydrogen (secondary N) is 3. The Kier molecular flexibility index (Phi) is 5.59. The van der Waals surface area contributed by atoms with Crippen molar-refractivity contribution in [2.75, 3.05) is 17.7 Å². The summed E-state index contributed by atoms with van der Waals surface area (Å²) in [4.78, 5) is 19.1. The van der Waals surface area contributed by atoms with E-state index >= 15 is 0 Å². The Balaban J connectivity index is 2.03. The van der Waals surface area contributed by atoms with Crippen molar-refractivity contribution in [3.05, 3.63) is 65.3 Å². The standard InChI is InChI=1S/C19H16F3N7O/c1-23-17-15(10-29(3)28-17)27-16-8-14(12(9-25-16)19(20,21)22)26-13-7-5-4-6-11(13)18(30)24-2/h4-10H,2-3H3,(H,24,30)(H2,25,26,27). The van der Waals surface area contributed by atoms with E-state index in [1.54, 1.807) is 19.2 Å². The zero-order valence-corrected chi connectivity index (χ0v) is 15.9. The highest BCUT2D eigenvalue weighted by Crippen LogP contribution is 2.38. The zero-order valence-electron chi connectivity index (χ0n) is 15.9. The molecule has 154 valence electrons. The summed E-state index contributed by atoms with van der Waals surface area (Å²) in [5.74, 6) is -0.324. The maximum absolute atomic E-state index is 13.5. The van der Waals surface area contributed by atoms with Crippen LogP contribution in [-0.4, -0.2) is 27.7 Å². The van der Waals surface area contributed by atoms with E-state index in [-0.39, 0.29) is 28.6 Å². The third-order valence-electron chi connectivity index (χ3n) is 4.06. The van der Waals surface area contributed by atoms with Crippen molar-refractivity contribution < 1.29 is 18.0 Å². The number of nitrogens with zero attached hydrogens (tertiary/aromatic N) is 4. The van der Waals surface area contributed by atoms with Gasteiger partial charge in [0.25, 0.3) is 5.91 Å². The average molecular weight is 415 g/mol. The van der Waals surface area contributed by atoms with Crippen molar-refractivity contribution >= 4 is 34.6 Å². The van der Waals surface area contributed by atoms with Crippen LogP contribution in [0, 0.1) is 6.57 Å². The van der Waals surface area contributed by atoms with Gasteiger partial charge in [0.15, 0.2) is 0 Å². The van der Waals surface area contributed by atoms with Gasteiger partial charge in [-0.15, -0.1) is 0 Å². The minimum Gasteiger partial charge on any atom is -0.357 e. The van der Waals surface area contributed by atoms with Crippen molar-refractivity contribution in [1.29, 1.82) is 0 Å². The van der Waals surface area contributed by atoms with Crippen LogP contribution in [-0.2, 0) is 13.2 Å². The number of amides is 1. The molecular weight excluding hydrogens is 399 g/mol. The second-order valence-corrected chi connectivity index (χ2v) is 6.14. The van der Waals surface area contributed by atoms with Crippen LogP contribution in [0.3, 0.4) is 0 Å². The second kappa shape index (κ2) is 8.12. The van der Waals surface area contributed by atoms with E-state index in [0.717, 1.165) is 6.07 Å². The molecule has 8 nitrogen and oxygen atoms in total. The van der Waals surface area contributed by atoms with Crippen LogP contribution < -0.4 is 16.0 Å². The van der Waals surface area contributed by atoms with Crippen LogP contribution in [0.5, 0.6) is 0 Å². The molecule has 0 fully saturated rings. The molecule has 0 saturated heterocycles. The largest absolute Gasteiger partial charge is 0.419 e. The van der Waals surface area contributed by atoms with Crippen molar-refractivity contribution in [3.8, 4) is 0 Å². The second-order valence-electron chi connectivity index (χ2n) is 6.14. The molecule has 0 aliphatic heterocycles. The Morgan fingerprint density at radius 2 is 1.90 bits per heavy atom. The third kappa shape index (κ3) is 4.33. The first-order chi connectivity index (χ1) is 14.2. The quantitative estimate of drug-likeness (QED) is 0.543. The molecule has 3 aromatic rings. The number of anilines is 4. The minimum absolute atomic E-state index is 0.0543. The molecule has 11 heteroatoms. The van der Waals surface area contributed by atoms with E-state index in [0.29, 0.717) is 11.9 Å². The number of benzene rings is 1. The molecule has 1 amide bonds. The smallest absolute Gasteiger partial charge is 0.357 e. The summed E-state index contributed by atoms with van der Waals surface area (Å²) < 4.78 is 42.0. The number of hydrogen-bond donors (Lipinski definition) is 3. The molecule has 2 aromatic heterocycles. The molecule has 3 N–H and O–H groups in total. The summed E-state index contributed by atoms with van der Waals surface area (Å²) in [5, 5.41) is 11.9. The minimum atomic E-state index is -4.67. The molecule has 2 heterocycles. The number of pyridine rings is 1. The summed E-state index contributed by atoms with van der Waals surface area (Å²) in [6.07, 6.45) is -2.48. The van der Waals surface area contributed by atoms with Crippen LogP contribution in [0.1, 0.15) is 15.9 Å². The van der Waals surface area contributed by atoms with Crippen molar-refractivity contribution in [2.45, 2.75) is 6.18 Å². The van der Waals surface area contributed by atoms with E-state index in [9.17, 15) is 18.0 Å². The van der Waals surface area contributed by atoms with Gasteiger partial charge < -0.3 is 20.8 Å². The Bertz CT molecular complexity index is 1130. The van der Waals surface area contributed by atoms with E-state index in [1.807, 2.05) is 0 Å². The Labute approximate surface area is 169 Å². The molecular formula is C19H16F3N7O. The maximum Gasteiger partial charge on any atom is 0.419 e. The van der Waals surface area contributed by atoms with Gasteiger partial charge in [-0.3, -0.25) is 4.79 Å². The highest BCUT2D eigenvalue weighted by molar-refractivity contribution is 6.00. The van der Waals surface area contributed by atoms with Crippen LogP contribution in [0.4, 0.5) is 41.9 Å². The summed E-state index contributed by atoms with van der Waals surface area (Å²) in [7, 11) is 3.04. The van der Waals surface area contributed by atoms with E-state index in [4.69, 9.17) is 6.57 Å². The lowest BCUT2D eigenvalue weighted by atomic mass is 10.1. The molecule has 0 spiro atoms. The maximum atomic E-state index is 13.5. The fraction of sp³-hybridized carbons (Fsp3) is 0.158. The number of aromatic nitrogens is 3. The monoisotopic (exact) mass is 415 g/mol. The molecule has 0 radical (unpaired) electrons. The number of rotatable bonds is 5. The lowest BCUT2D eigenvalue weighted by Crippen LogP contribution is -2.19. The van der Waals surface area contributed by atoms with Gasteiger partial charge in [0.2, 0.25) is 0 Å². The number of halogens is 3. The summed E-state index contributed by atoms with van der Waals surface area (Å²) in [5.41, 5.74) is -0.623. The van der Waals surface area contributed by atoms with Gasteiger partial charge in [0.1, 0.15) is 5.82 Å². The first kappa shape index (κ1) is 20.7. The normalized spacial score (nSPS) is 10.9. The number of carbonyl (C=O) groups excluding carboxylic acids is 1. The van der Waals surface area contributed by atoms with Gasteiger partial charge in [0, 0.05) is 26.4 Å². The summed E-state index contributed by atoms with van der Waals surface area (Å²) >= 11 is 0. The van der Waals surface area contributed by atoms with E-state index in [1.165, 1.54) is 30.1 Å². The van der Waals surface area contributed by atoms with Crippen molar-refractivity contribution in [3.63, 3.8) is 0 Å². The molecule has 1 aromatic carbocycles. The first-order valence-electron chi connectivity index (χ1n) is 8.56. The van der Waals surface area contributed by atoms with E-state index in [2.05, 4.69) is 30.9 Å². The highest BCUT2D eigenvalue weighted by Gasteiger charge is 2.34. The van der Waals surface area contributed by atoms with Crippen molar-refractivity contribution in [1.82, 2.24) is 20.1 Å². The van der Waals surface area contributed by atoms with Crippen molar-refractivity contribution in [2.24, 2.45) is 7.05 Å². The highest BCUT2D eigenvalue weighted by atomic mass is 19.4. The van der Waals surface area contributed by atoms with Gasteiger partial charge >= 0.3 is 12.0 Å². The summed E-state index contributed by atoms with van der Waals surface area (Å²) in [6, 6.07) is 7.35. The fourth-order valence-electron chi connectivity index (χ4n) is 2.71. The zero-order chi connectivity index (χ0) is 21.9. The predicted octanol–water partition coefficient (Wildman–Crippen LogP) is 4.23. The Morgan fingerprint density at radius 3 is 2.57 bits per heavy atom. The van der Waals surface area contributed by atoms with Crippen LogP contribution in [0.15, 0.2) is 42.7 Å². The molecule has 0 atom stereocenters. The van der Waals surface area contributed by atoms with Crippen LogP contribution in [0.25, 0.3) is 4.85 Å². The SMILES string of the molecule is [C-]#[N+]c1nn(C)cc1Nc1cc(Nc2ccccc2C(=O)NC)c(C(F)(F)F)cn1. The summed E-state index contributed by atoms with van der Waals surface area (Å²) in [6.45, 7) is 7.14. The van der Waals surface area contributed by atoms with Gasteiger partial charge in [-0.05, 0) is 17.2 Å². The molecule has 0 aliphatic rings. The molecule has 0 unspecified atom stereocenters. The Hall–Kier alpha value is -4.07. The predicted molar refractivity (Wildman–Crippen MR) is 105 cm³/mol. The number of hydrogen-bond acceptors (Lipinski definition) is 5.